The van der Waals surface area contributed by atoms with Gasteiger partial charge in [0.1, 0.15) is 31.3 Å². The van der Waals surface area contributed by atoms with Gasteiger partial charge in [-0.25, -0.2) is 4.79 Å². The van der Waals surface area contributed by atoms with Gasteiger partial charge >= 0.3 is 11.9 Å². The SMILES string of the molecule is CCCC#CCO[C@H]1C[C@H](n2cc(C(F)(F)F)c(=O)n(C(=O)c3ccccc3)c2=O)O[C@@H]1COCOC. The molecule has 0 amide bonds. The average molecular weight is 524 g/mol. The first-order chi connectivity index (χ1) is 17.7. The maximum absolute atomic E-state index is 13.8. The largest absolute Gasteiger partial charge is 0.423 e. The Morgan fingerprint density at radius 2 is 1.92 bits per heavy atom. The minimum Gasteiger partial charge on any atom is -0.363 e. The summed E-state index contributed by atoms with van der Waals surface area (Å²) in [4.78, 5) is 38.8. The second kappa shape index (κ2) is 12.8. The maximum Gasteiger partial charge on any atom is 0.423 e. The summed E-state index contributed by atoms with van der Waals surface area (Å²) in [5, 5.41) is 0. The Morgan fingerprint density at radius 3 is 2.57 bits per heavy atom. The Balaban J connectivity index is 2.00. The Morgan fingerprint density at radius 1 is 1.19 bits per heavy atom. The molecule has 3 atom stereocenters. The molecule has 0 unspecified atom stereocenters. The van der Waals surface area contributed by atoms with E-state index in [1.165, 1.54) is 31.4 Å². The first-order valence-corrected chi connectivity index (χ1v) is 11.5. The summed E-state index contributed by atoms with van der Waals surface area (Å²) >= 11 is 0. The zero-order chi connectivity index (χ0) is 27.0. The summed E-state index contributed by atoms with van der Waals surface area (Å²) in [6.07, 6.45) is -5.99. The fourth-order valence-electron chi connectivity index (χ4n) is 3.72. The number of nitrogens with zero attached hydrogens (tertiary/aromatic N) is 2. The lowest BCUT2D eigenvalue weighted by molar-refractivity contribution is -0.140. The van der Waals surface area contributed by atoms with E-state index < -0.39 is 47.3 Å². The molecule has 0 radical (unpaired) electrons. The molecule has 37 heavy (non-hydrogen) atoms. The fourth-order valence-corrected chi connectivity index (χ4v) is 3.72. The second-order valence-corrected chi connectivity index (χ2v) is 8.14. The van der Waals surface area contributed by atoms with Crippen molar-refractivity contribution < 1.29 is 36.9 Å². The molecule has 2 aromatic rings. The number of aromatic nitrogens is 2. The molecule has 0 bridgehead atoms. The summed E-state index contributed by atoms with van der Waals surface area (Å²) in [7, 11) is 1.42. The van der Waals surface area contributed by atoms with Gasteiger partial charge in [0, 0.05) is 31.7 Å². The van der Waals surface area contributed by atoms with Gasteiger partial charge < -0.3 is 18.9 Å². The Hall–Kier alpha value is -3.24. The van der Waals surface area contributed by atoms with Crippen molar-refractivity contribution in [2.75, 3.05) is 27.1 Å². The van der Waals surface area contributed by atoms with Crippen molar-refractivity contribution in [1.82, 2.24) is 9.13 Å². The van der Waals surface area contributed by atoms with Gasteiger partial charge in [-0.05, 0) is 18.6 Å². The zero-order valence-corrected chi connectivity index (χ0v) is 20.3. The third kappa shape index (κ3) is 6.95. The Labute approximate surface area is 210 Å². The van der Waals surface area contributed by atoms with Crippen LogP contribution in [0.3, 0.4) is 0 Å². The van der Waals surface area contributed by atoms with Crippen LogP contribution in [0.2, 0.25) is 0 Å². The molecule has 0 saturated carbocycles. The number of halogens is 3. The van der Waals surface area contributed by atoms with E-state index in [1.807, 2.05) is 6.92 Å². The first kappa shape index (κ1) is 28.3. The lowest BCUT2D eigenvalue weighted by Crippen LogP contribution is -2.47. The summed E-state index contributed by atoms with van der Waals surface area (Å²) < 4.78 is 63.6. The molecule has 0 N–H and O–H groups in total. The van der Waals surface area contributed by atoms with Crippen molar-refractivity contribution in [2.24, 2.45) is 0 Å². The van der Waals surface area contributed by atoms with Gasteiger partial charge in [0.15, 0.2) is 0 Å². The van der Waals surface area contributed by atoms with Crippen LogP contribution in [0.15, 0.2) is 46.1 Å². The molecule has 0 spiro atoms. The monoisotopic (exact) mass is 524 g/mol. The predicted molar refractivity (Wildman–Crippen MR) is 125 cm³/mol. The maximum atomic E-state index is 13.8. The number of carbonyl (C=O) groups excluding carboxylic acids is 1. The van der Waals surface area contributed by atoms with Crippen LogP contribution in [0.1, 0.15) is 48.3 Å². The number of unbranched alkanes of at least 4 members (excludes halogenated alkanes) is 1. The van der Waals surface area contributed by atoms with Crippen LogP contribution >= 0.6 is 0 Å². The standard InChI is InChI=1S/C25H27F3N2O7/c1-3-4-5-9-12-36-19-13-21(37-20(19)15-35-16-34-2)29-14-18(25(26,27)28)23(32)30(24(29)33)22(31)17-10-7-6-8-11-17/h6-8,10-11,14,19-21H,3-4,12-13,15-16H2,1-2H3/t19-,20+,21+/m0/s1. The molecule has 0 aliphatic carbocycles. The Kier molecular flexibility index (Phi) is 9.82. The van der Waals surface area contributed by atoms with Gasteiger partial charge in [-0.3, -0.25) is 14.2 Å². The predicted octanol–water partition coefficient (Wildman–Crippen LogP) is 2.81. The number of methoxy groups -OCH3 is 1. The molecule has 1 aliphatic heterocycles. The highest BCUT2D eigenvalue weighted by molar-refractivity contribution is 5.95. The van der Waals surface area contributed by atoms with Crippen LogP contribution in [0.25, 0.3) is 0 Å². The number of hydrogen-bond acceptors (Lipinski definition) is 7. The van der Waals surface area contributed by atoms with Crippen LogP contribution in [-0.2, 0) is 25.1 Å². The number of ether oxygens (including phenoxy) is 4. The van der Waals surface area contributed by atoms with E-state index in [-0.39, 0.29) is 36.6 Å². The molecule has 1 aliphatic rings. The molecule has 1 aromatic heterocycles. The van der Waals surface area contributed by atoms with Crippen molar-refractivity contribution in [3.8, 4) is 11.8 Å². The third-order valence-corrected chi connectivity index (χ3v) is 5.49. The van der Waals surface area contributed by atoms with Gasteiger partial charge in [0.25, 0.3) is 11.5 Å². The number of benzene rings is 1. The second-order valence-electron chi connectivity index (χ2n) is 8.14. The van der Waals surface area contributed by atoms with Gasteiger partial charge in [-0.15, -0.1) is 5.92 Å². The molecule has 1 aromatic carbocycles. The molecule has 12 heteroatoms. The number of alkyl halides is 3. The van der Waals surface area contributed by atoms with Gasteiger partial charge in [0.2, 0.25) is 0 Å². The van der Waals surface area contributed by atoms with Crippen molar-refractivity contribution >= 4 is 5.91 Å². The number of carbonyl (C=O) groups is 1. The van der Waals surface area contributed by atoms with Crippen LogP contribution in [-0.4, -0.2) is 54.4 Å². The number of rotatable bonds is 9. The lowest BCUT2D eigenvalue weighted by atomic mass is 10.2. The first-order valence-electron chi connectivity index (χ1n) is 11.5. The van der Waals surface area contributed by atoms with E-state index >= 15 is 0 Å². The van der Waals surface area contributed by atoms with Crippen LogP contribution in [0, 0.1) is 11.8 Å². The summed E-state index contributed by atoms with van der Waals surface area (Å²) in [6, 6.07) is 7.07. The molecular formula is C25H27F3N2O7. The Bertz CT molecular complexity index is 1250. The molecule has 9 nitrogen and oxygen atoms in total. The molecule has 200 valence electrons. The fraction of sp³-hybridized carbons (Fsp3) is 0.480. The van der Waals surface area contributed by atoms with E-state index in [0.29, 0.717) is 17.2 Å². The highest BCUT2D eigenvalue weighted by atomic mass is 19.4. The van der Waals surface area contributed by atoms with Gasteiger partial charge in [-0.2, -0.15) is 17.7 Å². The minimum absolute atomic E-state index is 0.0254. The van der Waals surface area contributed by atoms with E-state index in [2.05, 4.69) is 11.8 Å². The molecule has 3 rings (SSSR count). The highest BCUT2D eigenvalue weighted by Crippen LogP contribution is 2.32. The van der Waals surface area contributed by atoms with Crippen molar-refractivity contribution in [1.29, 1.82) is 0 Å². The van der Waals surface area contributed by atoms with Crippen molar-refractivity contribution in [2.45, 2.75) is 50.8 Å². The van der Waals surface area contributed by atoms with E-state index in [1.54, 1.807) is 6.07 Å². The quantitative estimate of drug-likeness (QED) is 0.283. The third-order valence-electron chi connectivity index (χ3n) is 5.49. The normalized spacial score (nSPS) is 19.4. The summed E-state index contributed by atoms with van der Waals surface area (Å²) in [5.41, 5.74) is -4.84. The highest BCUT2D eigenvalue weighted by Gasteiger charge is 2.41. The van der Waals surface area contributed by atoms with Gasteiger partial charge in [-0.1, -0.05) is 31.0 Å². The van der Waals surface area contributed by atoms with E-state index in [9.17, 15) is 27.6 Å². The topological polar surface area (TPSA) is 98.0 Å². The zero-order valence-electron chi connectivity index (χ0n) is 20.3. The van der Waals surface area contributed by atoms with Crippen molar-refractivity contribution in [3.05, 3.63) is 68.5 Å². The molecule has 2 heterocycles. The lowest BCUT2D eigenvalue weighted by Gasteiger charge is -2.19. The van der Waals surface area contributed by atoms with E-state index in [0.717, 1.165) is 6.42 Å². The number of hydrogen-bond donors (Lipinski definition) is 0. The van der Waals surface area contributed by atoms with Crippen LogP contribution in [0.5, 0.6) is 0 Å². The average Bonchev–Trinajstić information content (AvgIpc) is 3.26. The van der Waals surface area contributed by atoms with Crippen LogP contribution in [0.4, 0.5) is 13.2 Å². The molecule has 1 fully saturated rings. The molecular weight excluding hydrogens is 497 g/mol. The summed E-state index contributed by atoms with van der Waals surface area (Å²) in [6.45, 7) is 1.91. The van der Waals surface area contributed by atoms with Crippen molar-refractivity contribution in [3.63, 3.8) is 0 Å². The van der Waals surface area contributed by atoms with E-state index in [4.69, 9.17) is 18.9 Å². The van der Waals surface area contributed by atoms with Crippen LogP contribution < -0.4 is 11.2 Å². The smallest absolute Gasteiger partial charge is 0.363 e. The molecule has 1 saturated heterocycles. The minimum atomic E-state index is -5.13. The van der Waals surface area contributed by atoms with Gasteiger partial charge in [0.05, 0.1) is 12.7 Å². The summed E-state index contributed by atoms with van der Waals surface area (Å²) in [5.74, 6) is 4.58.